The highest BCUT2D eigenvalue weighted by Gasteiger charge is 2.37. The zero-order valence-corrected chi connectivity index (χ0v) is 8.32. The van der Waals surface area contributed by atoms with Crippen molar-refractivity contribution in [3.63, 3.8) is 0 Å². The average Bonchev–Trinajstić information content (AvgIpc) is 2.15. The molecule has 0 aliphatic rings. The highest BCUT2D eigenvalue weighted by atomic mass is 32.2. The van der Waals surface area contributed by atoms with E-state index in [1.54, 1.807) is 12.1 Å². The lowest BCUT2D eigenvalue weighted by Gasteiger charge is -2.15. The molecule has 0 saturated heterocycles. The molecule has 2 N–H and O–H groups in total. The van der Waals surface area contributed by atoms with Gasteiger partial charge in [-0.25, -0.2) is 0 Å². The highest BCUT2D eigenvalue weighted by Crippen LogP contribution is 2.30. The summed E-state index contributed by atoms with van der Waals surface area (Å²) in [6, 6.07) is 4.18. The summed E-state index contributed by atoms with van der Waals surface area (Å²) in [5, 5.41) is 0. The van der Waals surface area contributed by atoms with Gasteiger partial charge in [-0.05, 0) is 24.0 Å². The first-order chi connectivity index (χ1) is 6.45. The van der Waals surface area contributed by atoms with Crippen molar-refractivity contribution in [1.82, 2.24) is 0 Å². The van der Waals surface area contributed by atoms with Crippen LogP contribution in [0.2, 0.25) is 0 Å². The zero-order chi connectivity index (χ0) is 10.8. The Morgan fingerprint density at radius 2 is 1.71 bits per heavy atom. The Kier molecular flexibility index (Phi) is 3.44. The molecule has 0 saturated carbocycles. The maximum absolute atomic E-state index is 12.2. The summed E-state index contributed by atoms with van der Waals surface area (Å²) in [6.07, 6.45) is -2.51. The maximum Gasteiger partial charge on any atom is 0.407 e. The predicted octanol–water partition coefficient (Wildman–Crippen LogP) is 2.97. The minimum atomic E-state index is -4.37. The second-order valence-electron chi connectivity index (χ2n) is 2.79. The topological polar surface area (TPSA) is 26.0 Å². The first kappa shape index (κ1) is 11.4. The number of rotatable bonds is 2. The number of hydrogen-bond acceptors (Lipinski definition) is 2. The van der Waals surface area contributed by atoms with E-state index in [1.165, 1.54) is 23.9 Å². The third-order valence-electron chi connectivity index (χ3n) is 1.83. The predicted molar refractivity (Wildman–Crippen MR) is 51.2 cm³/mol. The van der Waals surface area contributed by atoms with Gasteiger partial charge in [0.05, 0.1) is 0 Å². The van der Waals surface area contributed by atoms with Crippen LogP contribution in [0.3, 0.4) is 0 Å². The second-order valence-corrected chi connectivity index (χ2v) is 3.67. The van der Waals surface area contributed by atoms with Crippen molar-refractivity contribution in [3.8, 4) is 0 Å². The molecular formula is C9H10F3NS. The van der Waals surface area contributed by atoms with E-state index in [2.05, 4.69) is 0 Å². The van der Waals surface area contributed by atoms with Gasteiger partial charge in [0.1, 0.15) is 6.04 Å². The third-order valence-corrected chi connectivity index (χ3v) is 2.57. The van der Waals surface area contributed by atoms with Crippen LogP contribution in [0.15, 0.2) is 29.2 Å². The van der Waals surface area contributed by atoms with Crippen LogP contribution in [-0.2, 0) is 0 Å². The van der Waals surface area contributed by atoms with Gasteiger partial charge in [0, 0.05) is 4.90 Å². The van der Waals surface area contributed by atoms with E-state index in [1.807, 2.05) is 6.26 Å². The lowest BCUT2D eigenvalue weighted by atomic mass is 10.1. The molecule has 1 rings (SSSR count). The van der Waals surface area contributed by atoms with E-state index >= 15 is 0 Å². The number of benzene rings is 1. The van der Waals surface area contributed by atoms with Gasteiger partial charge in [0.25, 0.3) is 0 Å². The highest BCUT2D eigenvalue weighted by molar-refractivity contribution is 7.98. The molecule has 1 atom stereocenters. The Morgan fingerprint density at radius 1 is 1.21 bits per heavy atom. The minimum absolute atomic E-state index is 0.0929. The fourth-order valence-electron chi connectivity index (χ4n) is 1.00. The Labute approximate surface area is 84.5 Å². The van der Waals surface area contributed by atoms with E-state index in [4.69, 9.17) is 5.73 Å². The largest absolute Gasteiger partial charge is 0.407 e. The Hall–Kier alpha value is -0.680. The number of nitrogens with two attached hydrogens (primary N) is 1. The smallest absolute Gasteiger partial charge is 0.316 e. The van der Waals surface area contributed by atoms with E-state index < -0.39 is 12.2 Å². The van der Waals surface area contributed by atoms with Gasteiger partial charge >= 0.3 is 6.18 Å². The molecule has 1 nitrogen and oxygen atoms in total. The van der Waals surface area contributed by atoms with Crippen LogP contribution < -0.4 is 5.73 Å². The van der Waals surface area contributed by atoms with Gasteiger partial charge in [-0.15, -0.1) is 11.8 Å². The summed E-state index contributed by atoms with van der Waals surface area (Å²) in [7, 11) is 0. The molecule has 78 valence electrons. The standard InChI is InChI=1S/C9H10F3NS/c1-14-7-4-2-6(3-5-7)8(13)9(10,11)12/h2-5,8H,13H2,1H3/t8-/m0/s1. The number of halogens is 3. The van der Waals surface area contributed by atoms with E-state index in [0.717, 1.165) is 4.90 Å². The van der Waals surface area contributed by atoms with Crippen molar-refractivity contribution in [2.75, 3.05) is 6.26 Å². The van der Waals surface area contributed by atoms with Crippen LogP contribution in [-0.4, -0.2) is 12.4 Å². The fraction of sp³-hybridized carbons (Fsp3) is 0.333. The molecule has 0 fully saturated rings. The molecule has 0 heterocycles. The van der Waals surface area contributed by atoms with E-state index in [0.29, 0.717) is 0 Å². The SMILES string of the molecule is CSc1ccc([C@H](N)C(F)(F)F)cc1. The molecule has 1 aromatic rings. The van der Waals surface area contributed by atoms with E-state index in [9.17, 15) is 13.2 Å². The van der Waals surface area contributed by atoms with Crippen molar-refractivity contribution in [2.24, 2.45) is 5.73 Å². The monoisotopic (exact) mass is 221 g/mol. The van der Waals surface area contributed by atoms with Crippen LogP contribution >= 0.6 is 11.8 Å². The lowest BCUT2D eigenvalue weighted by molar-refractivity contribution is -0.149. The van der Waals surface area contributed by atoms with Crippen molar-refractivity contribution in [1.29, 1.82) is 0 Å². The normalized spacial score (nSPS) is 14.1. The first-order valence-electron chi connectivity index (χ1n) is 3.91. The first-order valence-corrected chi connectivity index (χ1v) is 5.14. The molecule has 0 aromatic heterocycles. The molecule has 1 aromatic carbocycles. The third kappa shape index (κ3) is 2.65. The van der Waals surface area contributed by atoms with Crippen LogP contribution in [0, 0.1) is 0 Å². The number of hydrogen-bond donors (Lipinski definition) is 1. The molecule has 5 heteroatoms. The second kappa shape index (κ2) is 4.23. The number of thioether (sulfide) groups is 1. The van der Waals surface area contributed by atoms with Gasteiger partial charge in [-0.2, -0.15) is 13.2 Å². The van der Waals surface area contributed by atoms with Crippen molar-refractivity contribution >= 4 is 11.8 Å². The van der Waals surface area contributed by atoms with Crippen LogP contribution in [0.1, 0.15) is 11.6 Å². The fourth-order valence-corrected chi connectivity index (χ4v) is 1.41. The van der Waals surface area contributed by atoms with Crippen LogP contribution in [0.4, 0.5) is 13.2 Å². The summed E-state index contributed by atoms with van der Waals surface area (Å²) in [5.41, 5.74) is 5.12. The molecule has 0 bridgehead atoms. The summed E-state index contributed by atoms with van der Waals surface area (Å²) in [5.74, 6) is 0. The summed E-state index contributed by atoms with van der Waals surface area (Å²) < 4.78 is 36.6. The molecule has 0 aliphatic carbocycles. The Bertz CT molecular complexity index is 294. The summed E-state index contributed by atoms with van der Waals surface area (Å²) >= 11 is 1.47. The van der Waals surface area contributed by atoms with Gasteiger partial charge in [-0.3, -0.25) is 0 Å². The molecule has 0 amide bonds. The molecule has 0 spiro atoms. The minimum Gasteiger partial charge on any atom is -0.316 e. The molecule has 0 radical (unpaired) electrons. The van der Waals surface area contributed by atoms with Crippen LogP contribution in [0.5, 0.6) is 0 Å². The summed E-state index contributed by atoms with van der Waals surface area (Å²) in [4.78, 5) is 0.920. The molecule has 14 heavy (non-hydrogen) atoms. The maximum atomic E-state index is 12.2. The van der Waals surface area contributed by atoms with Crippen molar-refractivity contribution in [3.05, 3.63) is 29.8 Å². The Balaban J connectivity index is 2.87. The van der Waals surface area contributed by atoms with Gasteiger partial charge < -0.3 is 5.73 Å². The van der Waals surface area contributed by atoms with Gasteiger partial charge in [-0.1, -0.05) is 12.1 Å². The molecule has 0 unspecified atom stereocenters. The number of alkyl halides is 3. The van der Waals surface area contributed by atoms with Crippen molar-refractivity contribution in [2.45, 2.75) is 17.1 Å². The molecule has 0 aliphatic heterocycles. The van der Waals surface area contributed by atoms with Gasteiger partial charge in [0.15, 0.2) is 0 Å². The van der Waals surface area contributed by atoms with Gasteiger partial charge in [0.2, 0.25) is 0 Å². The Morgan fingerprint density at radius 3 is 2.07 bits per heavy atom. The quantitative estimate of drug-likeness (QED) is 0.777. The van der Waals surface area contributed by atoms with E-state index in [-0.39, 0.29) is 5.56 Å². The van der Waals surface area contributed by atoms with Crippen LogP contribution in [0.25, 0.3) is 0 Å². The average molecular weight is 221 g/mol. The summed E-state index contributed by atoms with van der Waals surface area (Å²) in [6.45, 7) is 0. The zero-order valence-electron chi connectivity index (χ0n) is 7.51. The molecular weight excluding hydrogens is 211 g/mol. The van der Waals surface area contributed by atoms with Crippen molar-refractivity contribution < 1.29 is 13.2 Å². The lowest BCUT2D eigenvalue weighted by Crippen LogP contribution is -2.28.